The smallest absolute Gasteiger partial charge is 0.130 e. The molecule has 0 aliphatic carbocycles. The second-order valence-electron chi connectivity index (χ2n) is 4.40. The molecule has 0 fully saturated rings. The number of hydrogen-bond acceptors (Lipinski definition) is 2. The van der Waals surface area contributed by atoms with Crippen LogP contribution in [0.15, 0.2) is 36.5 Å². The number of hydrogen-bond donors (Lipinski definition) is 0. The molecule has 0 atom stereocenters. The molecule has 2 heterocycles. The van der Waals surface area contributed by atoms with E-state index in [9.17, 15) is 0 Å². The molecule has 0 amide bonds. The van der Waals surface area contributed by atoms with Crippen molar-refractivity contribution in [2.24, 2.45) is 0 Å². The average Bonchev–Trinajstić information content (AvgIpc) is 2.76. The molecule has 92 valence electrons. The zero-order chi connectivity index (χ0) is 12.5. The van der Waals surface area contributed by atoms with Gasteiger partial charge in [0.15, 0.2) is 0 Å². The van der Waals surface area contributed by atoms with Crippen LogP contribution in [0.1, 0.15) is 11.1 Å². The summed E-state index contributed by atoms with van der Waals surface area (Å²) in [6, 6.07) is 10.2. The van der Waals surface area contributed by atoms with E-state index in [0.717, 1.165) is 25.1 Å². The van der Waals surface area contributed by atoms with Crippen LogP contribution < -0.4 is 4.90 Å². The lowest BCUT2D eigenvalue weighted by Gasteiger charge is -2.19. The molecule has 1 aromatic heterocycles. The maximum atomic E-state index is 6.18. The van der Waals surface area contributed by atoms with Gasteiger partial charge in [0, 0.05) is 30.5 Å². The van der Waals surface area contributed by atoms with Crippen LogP contribution in [0.3, 0.4) is 0 Å². The van der Waals surface area contributed by atoms with Crippen molar-refractivity contribution >= 4 is 28.9 Å². The minimum Gasteiger partial charge on any atom is -0.367 e. The second-order valence-corrected chi connectivity index (χ2v) is 5.19. The summed E-state index contributed by atoms with van der Waals surface area (Å²) in [5.41, 5.74) is 3.71. The minimum absolute atomic E-state index is 0.436. The lowest BCUT2D eigenvalue weighted by atomic mass is 10.2. The molecule has 2 aromatic rings. The van der Waals surface area contributed by atoms with Gasteiger partial charge in [0.25, 0.3) is 0 Å². The Morgan fingerprint density at radius 1 is 1.22 bits per heavy atom. The van der Waals surface area contributed by atoms with E-state index < -0.39 is 0 Å². The van der Waals surface area contributed by atoms with Crippen LogP contribution in [0.2, 0.25) is 10.2 Å². The van der Waals surface area contributed by atoms with Gasteiger partial charge in [-0.2, -0.15) is 0 Å². The van der Waals surface area contributed by atoms with Gasteiger partial charge in [0.1, 0.15) is 5.15 Å². The lowest BCUT2D eigenvalue weighted by molar-refractivity contribution is 0.832. The third-order valence-corrected chi connectivity index (χ3v) is 3.80. The molecule has 2 nitrogen and oxygen atoms in total. The van der Waals surface area contributed by atoms with Crippen LogP contribution in [-0.2, 0) is 13.0 Å². The number of para-hydroxylation sites is 1. The summed E-state index contributed by atoms with van der Waals surface area (Å²) in [6.45, 7) is 1.80. The SMILES string of the molecule is Clc1cc(Cl)c(CN2CCc3ccccc32)cn1. The Labute approximate surface area is 116 Å². The van der Waals surface area contributed by atoms with Gasteiger partial charge in [-0.25, -0.2) is 4.98 Å². The van der Waals surface area contributed by atoms with Crippen molar-refractivity contribution in [3.63, 3.8) is 0 Å². The molecule has 1 aliphatic rings. The van der Waals surface area contributed by atoms with Gasteiger partial charge in [0.05, 0.1) is 5.02 Å². The number of rotatable bonds is 2. The Bertz CT molecular complexity index is 584. The monoisotopic (exact) mass is 278 g/mol. The van der Waals surface area contributed by atoms with E-state index in [0.29, 0.717) is 10.2 Å². The maximum Gasteiger partial charge on any atom is 0.130 e. The number of fused-ring (bicyclic) bond motifs is 1. The zero-order valence-electron chi connectivity index (χ0n) is 9.74. The summed E-state index contributed by atoms with van der Waals surface area (Å²) in [5, 5.41) is 1.12. The first-order chi connectivity index (χ1) is 8.74. The van der Waals surface area contributed by atoms with Gasteiger partial charge in [-0.3, -0.25) is 0 Å². The Hall–Kier alpha value is -1.25. The summed E-state index contributed by atoms with van der Waals surface area (Å²) in [4.78, 5) is 6.42. The first-order valence-corrected chi connectivity index (χ1v) is 6.62. The summed E-state index contributed by atoms with van der Waals surface area (Å²) >= 11 is 12.0. The molecule has 18 heavy (non-hydrogen) atoms. The number of aromatic nitrogens is 1. The molecule has 0 spiro atoms. The Morgan fingerprint density at radius 3 is 2.89 bits per heavy atom. The summed E-state index contributed by atoms with van der Waals surface area (Å²) < 4.78 is 0. The molecule has 3 rings (SSSR count). The predicted molar refractivity (Wildman–Crippen MR) is 75.5 cm³/mol. The van der Waals surface area contributed by atoms with Crippen LogP contribution in [-0.4, -0.2) is 11.5 Å². The Balaban J connectivity index is 1.86. The molecule has 0 radical (unpaired) electrons. The quantitative estimate of drug-likeness (QED) is 0.774. The second kappa shape index (κ2) is 4.79. The maximum absolute atomic E-state index is 6.18. The topological polar surface area (TPSA) is 16.1 Å². The van der Waals surface area contributed by atoms with Gasteiger partial charge >= 0.3 is 0 Å². The van der Waals surface area contributed by atoms with Crippen LogP contribution in [0.5, 0.6) is 0 Å². The largest absolute Gasteiger partial charge is 0.367 e. The molecular weight excluding hydrogens is 267 g/mol. The van der Waals surface area contributed by atoms with E-state index in [1.165, 1.54) is 11.3 Å². The number of nitrogens with zero attached hydrogens (tertiary/aromatic N) is 2. The van der Waals surface area contributed by atoms with Gasteiger partial charge in [-0.05, 0) is 24.1 Å². The Morgan fingerprint density at radius 2 is 2.06 bits per heavy atom. The summed E-state index contributed by atoms with van der Waals surface area (Å²) in [6.07, 6.45) is 2.85. The fourth-order valence-corrected chi connectivity index (χ4v) is 2.75. The summed E-state index contributed by atoms with van der Waals surface area (Å²) in [7, 11) is 0. The molecule has 0 unspecified atom stereocenters. The zero-order valence-corrected chi connectivity index (χ0v) is 11.2. The Kier molecular flexibility index (Phi) is 3.14. The first-order valence-electron chi connectivity index (χ1n) is 5.87. The molecule has 0 saturated heterocycles. The van der Waals surface area contributed by atoms with Crippen molar-refractivity contribution in [1.29, 1.82) is 0 Å². The standard InChI is InChI=1S/C14H12Cl2N2/c15-12-7-14(16)17-8-11(12)9-18-6-5-10-3-1-2-4-13(10)18/h1-4,7-8H,5-6,9H2. The van der Waals surface area contributed by atoms with Crippen molar-refractivity contribution in [2.75, 3.05) is 11.4 Å². The fraction of sp³-hybridized carbons (Fsp3) is 0.214. The molecule has 4 heteroatoms. The van der Waals surface area contributed by atoms with Gasteiger partial charge in [0.2, 0.25) is 0 Å². The van der Waals surface area contributed by atoms with Gasteiger partial charge in [-0.1, -0.05) is 41.4 Å². The van der Waals surface area contributed by atoms with Crippen LogP contribution in [0, 0.1) is 0 Å². The molecule has 1 aliphatic heterocycles. The number of pyridine rings is 1. The first kappa shape index (κ1) is 11.8. The fourth-order valence-electron chi connectivity index (χ4n) is 2.33. The van der Waals surface area contributed by atoms with Crippen molar-refractivity contribution in [1.82, 2.24) is 4.98 Å². The molecule has 0 N–H and O–H groups in total. The van der Waals surface area contributed by atoms with E-state index in [1.54, 1.807) is 12.3 Å². The lowest BCUT2D eigenvalue weighted by Crippen LogP contribution is -2.19. The van der Waals surface area contributed by atoms with Crippen LogP contribution in [0.4, 0.5) is 5.69 Å². The number of halogens is 2. The summed E-state index contributed by atoms with van der Waals surface area (Å²) in [5.74, 6) is 0. The molecule has 1 aromatic carbocycles. The van der Waals surface area contributed by atoms with Crippen molar-refractivity contribution < 1.29 is 0 Å². The third kappa shape index (κ3) is 2.18. The van der Waals surface area contributed by atoms with E-state index in [2.05, 4.69) is 34.1 Å². The van der Waals surface area contributed by atoms with Gasteiger partial charge < -0.3 is 4.90 Å². The van der Waals surface area contributed by atoms with Crippen molar-refractivity contribution in [3.8, 4) is 0 Å². The average molecular weight is 279 g/mol. The van der Waals surface area contributed by atoms with E-state index >= 15 is 0 Å². The third-order valence-electron chi connectivity index (χ3n) is 3.24. The van der Waals surface area contributed by atoms with Crippen molar-refractivity contribution in [2.45, 2.75) is 13.0 Å². The van der Waals surface area contributed by atoms with Crippen LogP contribution in [0.25, 0.3) is 0 Å². The van der Waals surface area contributed by atoms with E-state index in [-0.39, 0.29) is 0 Å². The molecule has 0 bridgehead atoms. The highest BCUT2D eigenvalue weighted by Crippen LogP contribution is 2.30. The van der Waals surface area contributed by atoms with Gasteiger partial charge in [-0.15, -0.1) is 0 Å². The highest BCUT2D eigenvalue weighted by Gasteiger charge is 2.19. The van der Waals surface area contributed by atoms with Crippen molar-refractivity contribution in [3.05, 3.63) is 57.8 Å². The highest BCUT2D eigenvalue weighted by molar-refractivity contribution is 6.34. The highest BCUT2D eigenvalue weighted by atomic mass is 35.5. The minimum atomic E-state index is 0.436. The number of anilines is 1. The normalized spacial score (nSPS) is 13.8. The molecule has 0 saturated carbocycles. The van der Waals surface area contributed by atoms with E-state index in [4.69, 9.17) is 23.2 Å². The van der Waals surface area contributed by atoms with E-state index in [1.807, 2.05) is 0 Å². The van der Waals surface area contributed by atoms with Crippen LogP contribution >= 0.6 is 23.2 Å². The molecular formula is C14H12Cl2N2. The predicted octanol–water partition coefficient (Wildman–Crippen LogP) is 3.95. The number of benzene rings is 1.